The lowest BCUT2D eigenvalue weighted by Gasteiger charge is -2.25. The molecule has 0 spiro atoms. The highest BCUT2D eigenvalue weighted by Crippen LogP contribution is 2.52. The van der Waals surface area contributed by atoms with Crippen molar-refractivity contribution in [3.63, 3.8) is 0 Å². The Kier molecular flexibility index (Phi) is 18.0. The number of rotatable bonds is 22. The van der Waals surface area contributed by atoms with Crippen LogP contribution in [0.1, 0.15) is 131 Å². The highest BCUT2D eigenvalue weighted by molar-refractivity contribution is 7.48. The van der Waals surface area contributed by atoms with Crippen molar-refractivity contribution in [1.29, 1.82) is 0 Å². The number of alkyl halides is 2. The zero-order valence-corrected chi connectivity index (χ0v) is 32.7. The Balaban J connectivity index is 2.19. The summed E-state index contributed by atoms with van der Waals surface area (Å²) in [5, 5.41) is 0. The Morgan fingerprint density at radius 3 is 1.85 bits per heavy atom. The van der Waals surface area contributed by atoms with E-state index >= 15 is 8.78 Å². The lowest BCUT2D eigenvalue weighted by Crippen LogP contribution is -2.44. The summed E-state index contributed by atoms with van der Waals surface area (Å²) in [6, 6.07) is 1.32. The van der Waals surface area contributed by atoms with E-state index in [1.54, 1.807) is 41.5 Å². The van der Waals surface area contributed by atoms with Crippen molar-refractivity contribution in [3.05, 3.63) is 28.4 Å². The first-order chi connectivity index (χ1) is 24.2. The molecule has 52 heavy (non-hydrogen) atoms. The lowest BCUT2D eigenvalue weighted by atomic mass is 9.98. The summed E-state index contributed by atoms with van der Waals surface area (Å²) in [5.74, 6) is -6.37. The average molecular weight is 767 g/mol. The molecule has 0 bridgehead atoms. The second kappa shape index (κ2) is 20.6. The Morgan fingerprint density at radius 1 is 0.865 bits per heavy atom. The molecule has 0 aliphatic carbocycles. The molecule has 14 nitrogen and oxygen atoms in total. The number of phosphoric ester groups is 1. The van der Waals surface area contributed by atoms with Crippen molar-refractivity contribution in [1.82, 2.24) is 9.55 Å². The molecule has 0 radical (unpaired) electrons. The fourth-order valence-electron chi connectivity index (χ4n) is 4.88. The van der Waals surface area contributed by atoms with Crippen LogP contribution in [-0.4, -0.2) is 65.8 Å². The number of carbonyl (C=O) groups is 3. The number of aromatic nitrogens is 2. The molecule has 0 N–H and O–H groups in total. The predicted molar refractivity (Wildman–Crippen MR) is 185 cm³/mol. The van der Waals surface area contributed by atoms with Gasteiger partial charge >= 0.3 is 37.3 Å². The Labute approximate surface area is 305 Å². The third kappa shape index (κ3) is 14.9. The molecule has 0 amide bonds. The van der Waals surface area contributed by atoms with Gasteiger partial charge in [-0.1, -0.05) is 64.7 Å². The van der Waals surface area contributed by atoms with E-state index in [0.717, 1.165) is 31.9 Å². The smallest absolute Gasteiger partial charge is 0.453 e. The van der Waals surface area contributed by atoms with Gasteiger partial charge in [-0.3, -0.25) is 23.5 Å². The number of hydrogen-bond acceptors (Lipinski definition) is 13. The molecule has 0 aromatic carbocycles. The van der Waals surface area contributed by atoms with Crippen LogP contribution in [0.25, 0.3) is 0 Å². The van der Waals surface area contributed by atoms with Gasteiger partial charge in [0.05, 0.1) is 17.4 Å². The highest BCUT2D eigenvalue weighted by atomic mass is 31.2. The summed E-state index contributed by atoms with van der Waals surface area (Å²) in [6.45, 7) is 10.2. The highest BCUT2D eigenvalue weighted by Gasteiger charge is 2.63. The minimum absolute atomic E-state index is 0.142. The summed E-state index contributed by atoms with van der Waals surface area (Å²) in [4.78, 5) is 53.6. The van der Waals surface area contributed by atoms with Gasteiger partial charge < -0.3 is 18.9 Å². The number of hydrogen-bond donors (Lipinski definition) is 0. The minimum Gasteiger partial charge on any atom is -0.453 e. The number of ether oxygens (including phenoxy) is 4. The SMILES string of the molecule is CCCCCCCCCCCCC(=O)O[C@@H]1[C@@H](COP(=O)(OCOC(=O)C(C)(C)C)OCOC(=O)C(C)(C)C)O[C@@H](n2ccc(C)nc2=O)C1(F)F. The number of unbranched alkanes of at least 4 members (excludes halogenated alkanes) is 9. The van der Waals surface area contributed by atoms with E-state index in [0.29, 0.717) is 17.4 Å². The molecule has 0 unspecified atom stereocenters. The summed E-state index contributed by atoms with van der Waals surface area (Å²) >= 11 is 0. The molecule has 17 heteroatoms. The van der Waals surface area contributed by atoms with Crippen molar-refractivity contribution in [3.8, 4) is 0 Å². The molecule has 2 heterocycles. The normalized spacial score (nSPS) is 19.0. The maximum atomic E-state index is 16.0. The van der Waals surface area contributed by atoms with E-state index in [2.05, 4.69) is 11.9 Å². The van der Waals surface area contributed by atoms with Gasteiger partial charge in [0.1, 0.15) is 6.10 Å². The van der Waals surface area contributed by atoms with Crippen LogP contribution < -0.4 is 5.69 Å². The molecule has 3 atom stereocenters. The molecule has 1 aromatic heterocycles. The molecular weight excluding hydrogens is 709 g/mol. The second-order valence-electron chi connectivity index (χ2n) is 14.9. The third-order valence-electron chi connectivity index (χ3n) is 7.99. The summed E-state index contributed by atoms with van der Waals surface area (Å²) < 4.78 is 82.5. The van der Waals surface area contributed by atoms with E-state index < -0.39 is 86.8 Å². The van der Waals surface area contributed by atoms with Crippen LogP contribution in [0.4, 0.5) is 8.78 Å². The maximum absolute atomic E-state index is 16.0. The summed E-state index contributed by atoms with van der Waals surface area (Å²) in [6.07, 6.45) is 4.61. The van der Waals surface area contributed by atoms with Crippen molar-refractivity contribution < 1.29 is 60.2 Å². The Bertz CT molecular complexity index is 1370. The van der Waals surface area contributed by atoms with E-state index in [4.69, 9.17) is 32.5 Å². The molecular formula is C35H57F2N2O12P. The number of aryl methyl sites for hydroxylation is 1. The van der Waals surface area contributed by atoms with Crippen LogP contribution in [-0.2, 0) is 51.5 Å². The van der Waals surface area contributed by atoms with Gasteiger partial charge in [0.2, 0.25) is 19.8 Å². The molecule has 0 saturated carbocycles. The first kappa shape index (κ1) is 45.4. The molecule has 1 aliphatic heterocycles. The number of esters is 3. The molecule has 1 saturated heterocycles. The number of halogens is 2. The van der Waals surface area contributed by atoms with Crippen LogP contribution in [0.5, 0.6) is 0 Å². The number of nitrogens with zero attached hydrogens (tertiary/aromatic N) is 2. The third-order valence-corrected chi connectivity index (χ3v) is 9.30. The van der Waals surface area contributed by atoms with Crippen molar-refractivity contribution in [2.45, 2.75) is 150 Å². The van der Waals surface area contributed by atoms with E-state index in [1.807, 2.05) is 0 Å². The van der Waals surface area contributed by atoms with E-state index in [9.17, 15) is 23.7 Å². The number of phosphoric acid groups is 1. The monoisotopic (exact) mass is 766 g/mol. The first-order valence-corrected chi connectivity index (χ1v) is 19.3. The van der Waals surface area contributed by atoms with Gasteiger partial charge in [0.25, 0.3) is 0 Å². The molecule has 1 fully saturated rings. The van der Waals surface area contributed by atoms with Crippen LogP contribution in [0.2, 0.25) is 0 Å². The van der Waals surface area contributed by atoms with Crippen molar-refractivity contribution in [2.24, 2.45) is 10.8 Å². The van der Waals surface area contributed by atoms with Crippen LogP contribution in [0.15, 0.2) is 17.1 Å². The van der Waals surface area contributed by atoms with Gasteiger partial charge in [-0.25, -0.2) is 18.4 Å². The van der Waals surface area contributed by atoms with Crippen LogP contribution in [0, 0.1) is 17.8 Å². The van der Waals surface area contributed by atoms with Gasteiger partial charge in [0, 0.05) is 18.3 Å². The minimum atomic E-state index is -4.84. The van der Waals surface area contributed by atoms with Gasteiger partial charge in [0.15, 0.2) is 6.10 Å². The Hall–Kier alpha value is -2.78. The maximum Gasteiger partial charge on any atom is 0.480 e. The fourth-order valence-corrected chi connectivity index (χ4v) is 5.80. The topological polar surface area (TPSA) is 168 Å². The fraction of sp³-hybridized carbons (Fsp3) is 0.800. The van der Waals surface area contributed by atoms with Gasteiger partial charge in [-0.05, 0) is 61.0 Å². The first-order valence-electron chi connectivity index (χ1n) is 17.9. The molecule has 2 rings (SSSR count). The van der Waals surface area contributed by atoms with Gasteiger partial charge in [-0.15, -0.1) is 0 Å². The quantitative estimate of drug-likeness (QED) is 0.0373. The average Bonchev–Trinajstić information content (AvgIpc) is 3.28. The summed E-state index contributed by atoms with van der Waals surface area (Å²) in [7, 11) is -4.84. The van der Waals surface area contributed by atoms with E-state index in [1.165, 1.54) is 38.7 Å². The second-order valence-corrected chi connectivity index (χ2v) is 16.6. The van der Waals surface area contributed by atoms with Crippen molar-refractivity contribution in [2.75, 3.05) is 20.2 Å². The predicted octanol–water partition coefficient (Wildman–Crippen LogP) is 7.56. The van der Waals surface area contributed by atoms with Crippen LogP contribution in [0.3, 0.4) is 0 Å². The summed E-state index contributed by atoms with van der Waals surface area (Å²) in [5.41, 5.74) is -2.68. The number of carbonyl (C=O) groups excluding carboxylic acids is 3. The largest absolute Gasteiger partial charge is 0.480 e. The zero-order valence-electron chi connectivity index (χ0n) is 31.8. The molecule has 298 valence electrons. The van der Waals surface area contributed by atoms with E-state index in [-0.39, 0.29) is 12.1 Å². The zero-order chi connectivity index (χ0) is 39.2. The van der Waals surface area contributed by atoms with Crippen molar-refractivity contribution >= 4 is 25.7 Å². The lowest BCUT2D eigenvalue weighted by molar-refractivity contribution is -0.176. The molecule has 1 aliphatic rings. The van der Waals surface area contributed by atoms with Crippen LogP contribution >= 0.6 is 7.82 Å². The standard InChI is InChI=1S/C35H57F2N2O12P/c1-9-10-11-12-13-14-15-16-17-18-19-27(40)51-28-26(50-29(35(28,36)37)39-21-20-25(2)38-32(39)43)22-47-52(44,48-23-45-30(41)33(3,4)5)49-24-46-31(42)34(6,7)8/h20-21,26,28-29H,9-19,22-24H2,1-8H3/t26-,28-,29-/m1/s1. The molecule has 1 aromatic rings. The van der Waals surface area contributed by atoms with Gasteiger partial charge in [-0.2, -0.15) is 13.8 Å². The Morgan fingerprint density at radius 2 is 1.37 bits per heavy atom.